The van der Waals surface area contributed by atoms with E-state index >= 15 is 0 Å². The maximum Gasteiger partial charge on any atom is 0.222 e. The van der Waals surface area contributed by atoms with Crippen LogP contribution in [0.15, 0.2) is 24.4 Å². The number of aromatic nitrogens is 1. The summed E-state index contributed by atoms with van der Waals surface area (Å²) in [6, 6.07) is 6.02. The van der Waals surface area contributed by atoms with Crippen molar-refractivity contribution in [2.24, 2.45) is 0 Å². The number of unbranched alkanes of at least 4 members (excludes halogenated alkanes) is 1. The summed E-state index contributed by atoms with van der Waals surface area (Å²) in [5.74, 6) is 0.858. The lowest BCUT2D eigenvalue weighted by atomic mass is 9.89. The Bertz CT molecular complexity index is 656. The predicted octanol–water partition coefficient (Wildman–Crippen LogP) is 4.72. The molecule has 0 atom stereocenters. The summed E-state index contributed by atoms with van der Waals surface area (Å²) < 4.78 is 0. The highest BCUT2D eigenvalue weighted by molar-refractivity contribution is 6.31. The van der Waals surface area contributed by atoms with E-state index in [0.717, 1.165) is 49.3 Å². The molecule has 0 radical (unpaired) electrons. The number of fused-ring (bicyclic) bond motifs is 1. The summed E-state index contributed by atoms with van der Waals surface area (Å²) in [6.07, 6.45) is 7.00. The number of H-pyrrole nitrogens is 1. The van der Waals surface area contributed by atoms with E-state index in [9.17, 15) is 4.79 Å². The third-order valence-electron chi connectivity index (χ3n) is 4.71. The highest BCUT2D eigenvalue weighted by atomic mass is 35.5. The van der Waals surface area contributed by atoms with E-state index < -0.39 is 0 Å². The van der Waals surface area contributed by atoms with Gasteiger partial charge in [-0.1, -0.05) is 31.0 Å². The minimum atomic E-state index is 0.325. The fourth-order valence-electron chi connectivity index (χ4n) is 3.38. The number of rotatable bonds is 4. The molecule has 1 amide bonds. The van der Waals surface area contributed by atoms with Gasteiger partial charge in [0.25, 0.3) is 0 Å². The van der Waals surface area contributed by atoms with Gasteiger partial charge in [0.1, 0.15) is 0 Å². The standard InChI is InChI=1S/C18H23ClN2O/c1-2-3-4-18(22)21-9-7-13(8-10-21)16-12-20-17-11-14(19)5-6-15(16)17/h5-6,11-13,20H,2-4,7-10H2,1H3. The van der Waals surface area contributed by atoms with Crippen molar-refractivity contribution in [2.45, 2.75) is 44.9 Å². The summed E-state index contributed by atoms with van der Waals surface area (Å²) >= 11 is 6.05. The maximum absolute atomic E-state index is 12.1. The summed E-state index contributed by atoms with van der Waals surface area (Å²) in [5, 5.41) is 2.03. The molecule has 1 aromatic heterocycles. The molecule has 2 aromatic rings. The Morgan fingerprint density at radius 1 is 1.36 bits per heavy atom. The number of hydrogen-bond donors (Lipinski definition) is 1. The van der Waals surface area contributed by atoms with E-state index in [1.807, 2.05) is 17.0 Å². The molecule has 0 bridgehead atoms. The lowest BCUT2D eigenvalue weighted by Crippen LogP contribution is -2.37. The first-order chi connectivity index (χ1) is 10.7. The molecule has 0 aliphatic carbocycles. The number of aromatic amines is 1. The number of piperidine rings is 1. The number of hydrogen-bond acceptors (Lipinski definition) is 1. The lowest BCUT2D eigenvalue weighted by molar-refractivity contribution is -0.132. The van der Waals surface area contributed by atoms with Crippen LogP contribution in [-0.4, -0.2) is 28.9 Å². The van der Waals surface area contributed by atoms with Crippen LogP contribution in [0.2, 0.25) is 5.02 Å². The van der Waals surface area contributed by atoms with Gasteiger partial charge in [0, 0.05) is 41.6 Å². The second-order valence-electron chi connectivity index (χ2n) is 6.19. The van der Waals surface area contributed by atoms with Crippen molar-refractivity contribution < 1.29 is 4.79 Å². The highest BCUT2D eigenvalue weighted by Crippen LogP contribution is 2.34. The van der Waals surface area contributed by atoms with Crippen molar-refractivity contribution in [3.05, 3.63) is 35.0 Å². The van der Waals surface area contributed by atoms with Crippen molar-refractivity contribution in [3.63, 3.8) is 0 Å². The molecule has 1 aliphatic rings. The maximum atomic E-state index is 12.1. The summed E-state index contributed by atoms with van der Waals surface area (Å²) in [6.45, 7) is 3.89. The lowest BCUT2D eigenvalue weighted by Gasteiger charge is -2.32. The van der Waals surface area contributed by atoms with Crippen molar-refractivity contribution in [1.82, 2.24) is 9.88 Å². The molecule has 0 unspecified atom stereocenters. The number of benzene rings is 1. The Kier molecular flexibility index (Phi) is 4.72. The molecule has 1 aromatic carbocycles. The van der Waals surface area contributed by atoms with E-state index in [-0.39, 0.29) is 0 Å². The number of carbonyl (C=O) groups is 1. The number of carbonyl (C=O) groups excluding carboxylic acids is 1. The first-order valence-corrected chi connectivity index (χ1v) is 8.61. The van der Waals surface area contributed by atoms with E-state index in [2.05, 4.69) is 24.2 Å². The van der Waals surface area contributed by atoms with E-state index in [0.29, 0.717) is 18.2 Å². The smallest absolute Gasteiger partial charge is 0.222 e. The number of nitrogens with zero attached hydrogens (tertiary/aromatic N) is 1. The van der Waals surface area contributed by atoms with E-state index in [1.165, 1.54) is 10.9 Å². The van der Waals surface area contributed by atoms with Crippen LogP contribution in [0.25, 0.3) is 10.9 Å². The molecule has 1 N–H and O–H groups in total. The third-order valence-corrected chi connectivity index (χ3v) is 4.94. The van der Waals surface area contributed by atoms with Gasteiger partial charge < -0.3 is 9.88 Å². The highest BCUT2D eigenvalue weighted by Gasteiger charge is 2.25. The largest absolute Gasteiger partial charge is 0.361 e. The minimum Gasteiger partial charge on any atom is -0.361 e. The molecule has 1 aliphatic heterocycles. The second-order valence-corrected chi connectivity index (χ2v) is 6.63. The van der Waals surface area contributed by atoms with Crippen molar-refractivity contribution in [2.75, 3.05) is 13.1 Å². The Hall–Kier alpha value is -1.48. The number of halogens is 1. The molecule has 0 saturated carbocycles. The van der Waals surface area contributed by atoms with Crippen LogP contribution in [0, 0.1) is 0 Å². The molecule has 3 rings (SSSR count). The van der Waals surface area contributed by atoms with Gasteiger partial charge in [0.2, 0.25) is 5.91 Å². The van der Waals surface area contributed by atoms with Crippen LogP contribution >= 0.6 is 11.6 Å². The zero-order valence-corrected chi connectivity index (χ0v) is 13.8. The number of amides is 1. The summed E-state index contributed by atoms with van der Waals surface area (Å²) in [7, 11) is 0. The molecular weight excluding hydrogens is 296 g/mol. The molecule has 1 fully saturated rings. The Morgan fingerprint density at radius 2 is 2.14 bits per heavy atom. The zero-order valence-electron chi connectivity index (χ0n) is 13.1. The van der Waals surface area contributed by atoms with Gasteiger partial charge in [-0.2, -0.15) is 0 Å². The normalized spacial score (nSPS) is 16.4. The van der Waals surface area contributed by atoms with Gasteiger partial charge >= 0.3 is 0 Å². The van der Waals surface area contributed by atoms with Crippen molar-refractivity contribution in [3.8, 4) is 0 Å². The van der Waals surface area contributed by atoms with E-state index in [1.54, 1.807) is 0 Å². The average Bonchev–Trinajstić information content (AvgIpc) is 2.95. The SMILES string of the molecule is CCCCC(=O)N1CCC(c2c[nH]c3cc(Cl)ccc23)CC1. The molecule has 3 nitrogen and oxygen atoms in total. The summed E-state index contributed by atoms with van der Waals surface area (Å²) in [5.41, 5.74) is 2.47. The van der Waals surface area contributed by atoms with Crippen LogP contribution in [0.1, 0.15) is 50.5 Å². The first kappa shape index (κ1) is 15.4. The van der Waals surface area contributed by atoms with Crippen molar-refractivity contribution >= 4 is 28.4 Å². The van der Waals surface area contributed by atoms with E-state index in [4.69, 9.17) is 11.6 Å². The molecule has 118 valence electrons. The van der Waals surface area contributed by atoms with Gasteiger partial charge in [-0.25, -0.2) is 0 Å². The molecule has 2 heterocycles. The fourth-order valence-corrected chi connectivity index (χ4v) is 3.56. The van der Waals surface area contributed by atoms with Gasteiger partial charge in [0.15, 0.2) is 0 Å². The van der Waals surface area contributed by atoms with Crippen molar-refractivity contribution in [1.29, 1.82) is 0 Å². The Balaban J connectivity index is 1.66. The minimum absolute atomic E-state index is 0.325. The quantitative estimate of drug-likeness (QED) is 0.870. The monoisotopic (exact) mass is 318 g/mol. The topological polar surface area (TPSA) is 36.1 Å². The average molecular weight is 319 g/mol. The fraction of sp³-hybridized carbons (Fsp3) is 0.500. The predicted molar refractivity (Wildman–Crippen MR) is 91.4 cm³/mol. The van der Waals surface area contributed by atoms with Gasteiger partial charge in [0.05, 0.1) is 0 Å². The second kappa shape index (κ2) is 6.74. The Labute approximate surface area is 136 Å². The molecule has 0 spiro atoms. The summed E-state index contributed by atoms with van der Waals surface area (Å²) in [4.78, 5) is 17.5. The molecule has 4 heteroatoms. The molecular formula is C18H23ClN2O. The molecule has 1 saturated heterocycles. The van der Waals surface area contributed by atoms with Crippen LogP contribution in [0.5, 0.6) is 0 Å². The van der Waals surface area contributed by atoms with Crippen LogP contribution in [0.4, 0.5) is 0 Å². The number of nitrogens with one attached hydrogen (secondary N) is 1. The van der Waals surface area contributed by atoms with Crippen LogP contribution in [0.3, 0.4) is 0 Å². The molecule has 22 heavy (non-hydrogen) atoms. The van der Waals surface area contributed by atoms with Crippen LogP contribution in [-0.2, 0) is 4.79 Å². The van der Waals surface area contributed by atoms with Gasteiger partial charge in [-0.15, -0.1) is 0 Å². The first-order valence-electron chi connectivity index (χ1n) is 8.23. The van der Waals surface area contributed by atoms with Gasteiger partial charge in [-0.3, -0.25) is 4.79 Å². The number of likely N-dealkylation sites (tertiary alicyclic amines) is 1. The van der Waals surface area contributed by atoms with Gasteiger partial charge in [-0.05, 0) is 42.9 Å². The zero-order chi connectivity index (χ0) is 15.5. The third kappa shape index (κ3) is 3.14. The Morgan fingerprint density at radius 3 is 2.86 bits per heavy atom. The van der Waals surface area contributed by atoms with Crippen LogP contribution < -0.4 is 0 Å².